The van der Waals surface area contributed by atoms with Gasteiger partial charge in [0.1, 0.15) is 0 Å². The van der Waals surface area contributed by atoms with Gasteiger partial charge in [-0.3, -0.25) is 4.98 Å². The lowest BCUT2D eigenvalue weighted by molar-refractivity contribution is 0.151. The van der Waals surface area contributed by atoms with Gasteiger partial charge in [0.15, 0.2) is 0 Å². The van der Waals surface area contributed by atoms with Crippen LogP contribution in [0.2, 0.25) is 0 Å². The van der Waals surface area contributed by atoms with Crippen molar-refractivity contribution in [3.63, 3.8) is 0 Å². The molecule has 14 heavy (non-hydrogen) atoms. The van der Waals surface area contributed by atoms with Crippen LogP contribution in [0.5, 0.6) is 0 Å². The van der Waals surface area contributed by atoms with Gasteiger partial charge in [-0.05, 0) is 19.1 Å². The molecular weight excluding hydrogens is 178 g/mol. The van der Waals surface area contributed by atoms with E-state index < -0.39 is 0 Å². The van der Waals surface area contributed by atoms with Crippen molar-refractivity contribution in [2.24, 2.45) is 5.73 Å². The van der Waals surface area contributed by atoms with E-state index in [9.17, 15) is 0 Å². The van der Waals surface area contributed by atoms with Crippen LogP contribution in [0.15, 0.2) is 18.3 Å². The van der Waals surface area contributed by atoms with Crippen molar-refractivity contribution in [2.45, 2.75) is 6.92 Å². The molecule has 0 saturated heterocycles. The summed E-state index contributed by atoms with van der Waals surface area (Å²) in [7, 11) is 0. The highest BCUT2D eigenvalue weighted by molar-refractivity contribution is 5.42. The first-order valence-corrected chi connectivity index (χ1v) is 4.77. The number of anilines is 1. The summed E-state index contributed by atoms with van der Waals surface area (Å²) in [6, 6.07) is 3.94. The van der Waals surface area contributed by atoms with Crippen LogP contribution in [-0.2, 0) is 4.74 Å². The standard InChI is InChI=1S/C10H17N3O/c1-9-8-10(2-4-12-9)13-5-7-14-6-3-11/h2,4,8H,3,5-7,11H2,1H3,(H,12,13). The number of nitrogens with two attached hydrogens (primary N) is 1. The van der Waals surface area contributed by atoms with E-state index in [0.717, 1.165) is 17.9 Å². The number of nitrogens with zero attached hydrogens (tertiary/aromatic N) is 1. The van der Waals surface area contributed by atoms with Crippen molar-refractivity contribution in [3.05, 3.63) is 24.0 Å². The molecule has 1 heterocycles. The predicted octanol–water partition coefficient (Wildman–Crippen LogP) is 0.777. The minimum atomic E-state index is 0.578. The van der Waals surface area contributed by atoms with E-state index in [4.69, 9.17) is 10.5 Å². The van der Waals surface area contributed by atoms with Crippen LogP contribution in [0.3, 0.4) is 0 Å². The first-order chi connectivity index (χ1) is 6.83. The number of aromatic nitrogens is 1. The molecule has 0 bridgehead atoms. The molecule has 1 rings (SSSR count). The molecule has 0 spiro atoms. The third kappa shape index (κ3) is 4.20. The highest BCUT2D eigenvalue weighted by Crippen LogP contribution is 2.05. The number of pyridine rings is 1. The Morgan fingerprint density at radius 1 is 1.50 bits per heavy atom. The summed E-state index contributed by atoms with van der Waals surface area (Å²) in [6.07, 6.45) is 1.79. The van der Waals surface area contributed by atoms with E-state index in [0.29, 0.717) is 19.8 Å². The highest BCUT2D eigenvalue weighted by atomic mass is 16.5. The lowest BCUT2D eigenvalue weighted by Gasteiger charge is -2.06. The molecule has 0 amide bonds. The topological polar surface area (TPSA) is 60.2 Å². The normalized spacial score (nSPS) is 10.1. The van der Waals surface area contributed by atoms with Crippen LogP contribution >= 0.6 is 0 Å². The molecule has 0 saturated carbocycles. The third-order valence-electron chi connectivity index (χ3n) is 1.73. The summed E-state index contributed by atoms with van der Waals surface area (Å²) in [5.74, 6) is 0. The molecule has 1 aromatic heterocycles. The zero-order valence-electron chi connectivity index (χ0n) is 8.49. The van der Waals surface area contributed by atoms with Gasteiger partial charge in [0.05, 0.1) is 13.2 Å². The fourth-order valence-electron chi connectivity index (χ4n) is 1.11. The number of nitrogens with one attached hydrogen (secondary N) is 1. The lowest BCUT2D eigenvalue weighted by Crippen LogP contribution is -2.14. The minimum absolute atomic E-state index is 0.578. The van der Waals surface area contributed by atoms with E-state index in [1.165, 1.54) is 0 Å². The Bertz CT molecular complexity index is 265. The second-order valence-electron chi connectivity index (χ2n) is 3.01. The number of hydrogen-bond acceptors (Lipinski definition) is 4. The molecule has 0 unspecified atom stereocenters. The van der Waals surface area contributed by atoms with E-state index in [2.05, 4.69) is 10.3 Å². The first kappa shape index (κ1) is 10.9. The maximum absolute atomic E-state index is 5.29. The lowest BCUT2D eigenvalue weighted by atomic mass is 10.3. The van der Waals surface area contributed by atoms with Crippen LogP contribution in [0.4, 0.5) is 5.69 Å². The highest BCUT2D eigenvalue weighted by Gasteiger charge is 1.92. The van der Waals surface area contributed by atoms with Gasteiger partial charge >= 0.3 is 0 Å². The molecule has 78 valence electrons. The predicted molar refractivity (Wildman–Crippen MR) is 57.3 cm³/mol. The second-order valence-corrected chi connectivity index (χ2v) is 3.01. The van der Waals surface area contributed by atoms with E-state index >= 15 is 0 Å². The van der Waals surface area contributed by atoms with E-state index in [-0.39, 0.29) is 0 Å². The fraction of sp³-hybridized carbons (Fsp3) is 0.500. The summed E-state index contributed by atoms with van der Waals surface area (Å²) >= 11 is 0. The quantitative estimate of drug-likeness (QED) is 0.658. The Balaban J connectivity index is 2.18. The summed E-state index contributed by atoms with van der Waals surface area (Å²) in [5, 5.41) is 3.24. The van der Waals surface area contributed by atoms with Gasteiger partial charge in [-0.25, -0.2) is 0 Å². The van der Waals surface area contributed by atoms with Crippen molar-refractivity contribution < 1.29 is 4.74 Å². The van der Waals surface area contributed by atoms with Crippen LogP contribution in [0.1, 0.15) is 5.69 Å². The van der Waals surface area contributed by atoms with Crippen LogP contribution in [0.25, 0.3) is 0 Å². The van der Waals surface area contributed by atoms with Gasteiger partial charge in [0.2, 0.25) is 0 Å². The van der Waals surface area contributed by atoms with Gasteiger partial charge in [-0.1, -0.05) is 0 Å². The zero-order chi connectivity index (χ0) is 10.2. The number of rotatable bonds is 6. The molecule has 0 aliphatic rings. The Morgan fingerprint density at radius 3 is 3.07 bits per heavy atom. The van der Waals surface area contributed by atoms with Gasteiger partial charge in [-0.15, -0.1) is 0 Å². The van der Waals surface area contributed by atoms with Crippen molar-refractivity contribution in [1.29, 1.82) is 0 Å². The zero-order valence-corrected chi connectivity index (χ0v) is 8.49. The number of ether oxygens (including phenoxy) is 1. The molecule has 3 N–H and O–H groups in total. The first-order valence-electron chi connectivity index (χ1n) is 4.77. The average Bonchev–Trinajstić information content (AvgIpc) is 2.18. The smallest absolute Gasteiger partial charge is 0.0639 e. The van der Waals surface area contributed by atoms with E-state index in [1.54, 1.807) is 6.20 Å². The Morgan fingerprint density at radius 2 is 2.36 bits per heavy atom. The van der Waals surface area contributed by atoms with E-state index in [1.807, 2.05) is 19.1 Å². The van der Waals surface area contributed by atoms with Crippen molar-refractivity contribution in [3.8, 4) is 0 Å². The van der Waals surface area contributed by atoms with Crippen LogP contribution < -0.4 is 11.1 Å². The van der Waals surface area contributed by atoms with Crippen molar-refractivity contribution in [2.75, 3.05) is 31.6 Å². The van der Waals surface area contributed by atoms with Gasteiger partial charge in [0, 0.05) is 30.7 Å². The Kier molecular flexibility index (Phi) is 4.96. The number of aryl methyl sites for hydroxylation is 1. The molecule has 1 aromatic rings. The Hall–Kier alpha value is -1.13. The molecule has 0 radical (unpaired) electrons. The number of hydrogen-bond donors (Lipinski definition) is 2. The monoisotopic (exact) mass is 195 g/mol. The SMILES string of the molecule is Cc1cc(NCCOCCN)ccn1. The molecule has 4 nitrogen and oxygen atoms in total. The maximum atomic E-state index is 5.29. The molecular formula is C10H17N3O. The molecule has 0 aliphatic heterocycles. The largest absolute Gasteiger partial charge is 0.383 e. The molecule has 0 aromatic carbocycles. The molecule has 0 fully saturated rings. The Labute approximate surface area is 84.5 Å². The molecule has 0 atom stereocenters. The maximum Gasteiger partial charge on any atom is 0.0639 e. The van der Waals surface area contributed by atoms with Gasteiger partial charge in [0.25, 0.3) is 0 Å². The summed E-state index contributed by atoms with van der Waals surface area (Å²) < 4.78 is 5.23. The average molecular weight is 195 g/mol. The summed E-state index contributed by atoms with van der Waals surface area (Å²) in [4.78, 5) is 4.11. The van der Waals surface area contributed by atoms with Gasteiger partial charge < -0.3 is 15.8 Å². The van der Waals surface area contributed by atoms with Crippen molar-refractivity contribution in [1.82, 2.24) is 4.98 Å². The second kappa shape index (κ2) is 6.34. The molecule has 4 heteroatoms. The van der Waals surface area contributed by atoms with Crippen LogP contribution in [-0.4, -0.2) is 31.3 Å². The fourth-order valence-corrected chi connectivity index (χ4v) is 1.11. The third-order valence-corrected chi connectivity index (χ3v) is 1.73. The molecule has 0 aliphatic carbocycles. The summed E-state index contributed by atoms with van der Waals surface area (Å²) in [6.45, 7) is 4.64. The summed E-state index contributed by atoms with van der Waals surface area (Å²) in [5.41, 5.74) is 7.38. The minimum Gasteiger partial charge on any atom is -0.383 e. The van der Waals surface area contributed by atoms with Crippen molar-refractivity contribution >= 4 is 5.69 Å². The van der Waals surface area contributed by atoms with Gasteiger partial charge in [-0.2, -0.15) is 0 Å². The van der Waals surface area contributed by atoms with Crippen LogP contribution in [0, 0.1) is 6.92 Å².